The molecule has 110 valence electrons. The summed E-state index contributed by atoms with van der Waals surface area (Å²) in [6, 6.07) is 1.08. The molecule has 1 saturated heterocycles. The van der Waals surface area contributed by atoms with Gasteiger partial charge in [-0.15, -0.1) is 0 Å². The number of halogens is 2. The van der Waals surface area contributed by atoms with Gasteiger partial charge in [-0.2, -0.15) is 0 Å². The molecule has 20 heavy (non-hydrogen) atoms. The fourth-order valence-electron chi connectivity index (χ4n) is 2.59. The zero-order valence-corrected chi connectivity index (χ0v) is 10.9. The number of benzene rings is 1. The molecule has 0 spiro atoms. The quantitative estimate of drug-likeness (QED) is 0.685. The van der Waals surface area contributed by atoms with Crippen LogP contribution >= 0.6 is 0 Å². The molecule has 1 fully saturated rings. The number of nitro benzene ring substituents is 1. The van der Waals surface area contributed by atoms with Crippen LogP contribution in [0, 0.1) is 21.7 Å². The zero-order chi connectivity index (χ0) is 14.7. The minimum Gasteiger partial charge on any atom is -0.394 e. The molecule has 1 aromatic carbocycles. The van der Waals surface area contributed by atoms with Crippen molar-refractivity contribution >= 4 is 11.4 Å². The van der Waals surface area contributed by atoms with E-state index in [9.17, 15) is 24.0 Å². The molecule has 2 rings (SSSR count). The van der Waals surface area contributed by atoms with Crippen LogP contribution in [-0.2, 0) is 0 Å². The maximum Gasteiger partial charge on any atom is 0.275 e. The van der Waals surface area contributed by atoms with E-state index in [4.69, 9.17) is 0 Å². The van der Waals surface area contributed by atoms with Crippen LogP contribution in [0.4, 0.5) is 20.2 Å². The molecule has 0 radical (unpaired) electrons. The third-order valence-electron chi connectivity index (χ3n) is 3.59. The minimum absolute atomic E-state index is 0.199. The topological polar surface area (TPSA) is 66.6 Å². The lowest BCUT2D eigenvalue weighted by Gasteiger charge is -2.31. The lowest BCUT2D eigenvalue weighted by molar-refractivity contribution is -0.385. The van der Waals surface area contributed by atoms with E-state index in [1.165, 1.54) is 4.90 Å². The van der Waals surface area contributed by atoms with Crippen LogP contribution in [0.15, 0.2) is 12.1 Å². The first-order chi connectivity index (χ1) is 9.54. The molecular weight excluding hydrogens is 270 g/mol. The number of hydrogen-bond acceptors (Lipinski definition) is 4. The molecule has 5 nitrogen and oxygen atoms in total. The van der Waals surface area contributed by atoms with Gasteiger partial charge in [0.25, 0.3) is 5.69 Å². The van der Waals surface area contributed by atoms with Gasteiger partial charge < -0.3 is 10.0 Å². The van der Waals surface area contributed by atoms with Gasteiger partial charge in [-0.3, -0.25) is 10.1 Å². The Labute approximate surface area is 115 Å². The smallest absolute Gasteiger partial charge is 0.275 e. The van der Waals surface area contributed by atoms with Crippen molar-refractivity contribution in [3.8, 4) is 0 Å². The maximum absolute atomic E-state index is 14.0. The van der Waals surface area contributed by atoms with Crippen LogP contribution in [0.3, 0.4) is 0 Å². The van der Waals surface area contributed by atoms with Gasteiger partial charge in [-0.05, 0) is 12.8 Å². The molecule has 0 aromatic heterocycles. The third-order valence-corrected chi connectivity index (χ3v) is 3.59. The Morgan fingerprint density at radius 3 is 2.50 bits per heavy atom. The van der Waals surface area contributed by atoms with E-state index >= 15 is 0 Å². The molecule has 1 heterocycles. The number of aliphatic hydroxyl groups is 1. The van der Waals surface area contributed by atoms with E-state index in [0.717, 1.165) is 31.4 Å². The number of nitro groups is 1. The van der Waals surface area contributed by atoms with E-state index in [1.54, 1.807) is 0 Å². The number of aliphatic hydroxyl groups excluding tert-OH is 1. The minimum atomic E-state index is -0.961. The van der Waals surface area contributed by atoms with E-state index < -0.39 is 22.2 Å². The van der Waals surface area contributed by atoms with Crippen molar-refractivity contribution < 1.29 is 18.8 Å². The second-order valence-electron chi connectivity index (χ2n) is 4.89. The summed E-state index contributed by atoms with van der Waals surface area (Å²) in [6.45, 7) is 0.229. The SMILES string of the molecule is O=[N+]([O-])c1cc(F)c(N2CCCCCC2CO)c(F)c1. The summed E-state index contributed by atoms with van der Waals surface area (Å²) in [4.78, 5) is 11.2. The maximum atomic E-state index is 14.0. The van der Waals surface area contributed by atoms with Gasteiger partial charge in [0.1, 0.15) is 5.69 Å². The number of rotatable bonds is 3. The Balaban J connectivity index is 2.42. The molecule has 0 aliphatic carbocycles. The summed E-state index contributed by atoms with van der Waals surface area (Å²) < 4.78 is 28.1. The summed E-state index contributed by atoms with van der Waals surface area (Å²) in [5.74, 6) is -1.92. The molecule has 1 atom stereocenters. The van der Waals surface area contributed by atoms with Crippen molar-refractivity contribution in [3.63, 3.8) is 0 Å². The van der Waals surface area contributed by atoms with Crippen molar-refractivity contribution in [3.05, 3.63) is 33.9 Å². The van der Waals surface area contributed by atoms with E-state index in [-0.39, 0.29) is 18.3 Å². The first-order valence-electron chi connectivity index (χ1n) is 6.55. The summed E-state index contributed by atoms with van der Waals surface area (Å²) in [6.07, 6.45) is 3.24. The summed E-state index contributed by atoms with van der Waals surface area (Å²) >= 11 is 0. The second-order valence-corrected chi connectivity index (χ2v) is 4.89. The van der Waals surface area contributed by atoms with Gasteiger partial charge in [0.2, 0.25) is 0 Å². The predicted molar refractivity (Wildman–Crippen MR) is 69.7 cm³/mol. The average molecular weight is 286 g/mol. The molecule has 1 aliphatic heterocycles. The molecular formula is C13H16F2N2O3. The number of anilines is 1. The highest BCUT2D eigenvalue weighted by Crippen LogP contribution is 2.32. The molecule has 0 amide bonds. The van der Waals surface area contributed by atoms with Gasteiger partial charge >= 0.3 is 0 Å². The van der Waals surface area contributed by atoms with E-state index in [1.807, 2.05) is 0 Å². The van der Waals surface area contributed by atoms with Crippen molar-refractivity contribution in [2.24, 2.45) is 0 Å². The predicted octanol–water partition coefficient (Wildman–Crippen LogP) is 2.61. The third kappa shape index (κ3) is 2.87. The van der Waals surface area contributed by atoms with Crippen molar-refractivity contribution in [1.82, 2.24) is 0 Å². The molecule has 1 aliphatic rings. The molecule has 0 bridgehead atoms. The summed E-state index contributed by atoms with van der Waals surface area (Å²) in [5, 5.41) is 20.0. The lowest BCUT2D eigenvalue weighted by atomic mass is 10.1. The standard InChI is InChI=1S/C13H16F2N2O3/c14-11-6-10(17(19)20)7-12(15)13(11)16-5-3-1-2-4-9(16)8-18/h6-7,9,18H,1-5,8H2. The highest BCUT2D eigenvalue weighted by atomic mass is 19.1. The van der Waals surface area contributed by atoms with Crippen molar-refractivity contribution in [1.29, 1.82) is 0 Å². The van der Waals surface area contributed by atoms with Crippen molar-refractivity contribution in [2.75, 3.05) is 18.1 Å². The van der Waals surface area contributed by atoms with Gasteiger partial charge in [-0.1, -0.05) is 12.8 Å². The molecule has 1 N–H and O–H groups in total. The van der Waals surface area contributed by atoms with Crippen LogP contribution in [0.5, 0.6) is 0 Å². The molecule has 0 saturated carbocycles. The first kappa shape index (κ1) is 14.6. The van der Waals surface area contributed by atoms with E-state index in [2.05, 4.69) is 0 Å². The summed E-state index contributed by atoms with van der Waals surface area (Å²) in [5.41, 5.74) is -0.893. The number of non-ortho nitro benzene ring substituents is 1. The van der Waals surface area contributed by atoms with Crippen LogP contribution in [0.1, 0.15) is 25.7 Å². The highest BCUT2D eigenvalue weighted by Gasteiger charge is 2.27. The Morgan fingerprint density at radius 1 is 1.30 bits per heavy atom. The lowest BCUT2D eigenvalue weighted by Crippen LogP contribution is -2.38. The monoisotopic (exact) mass is 286 g/mol. The number of hydrogen-bond donors (Lipinski definition) is 1. The largest absolute Gasteiger partial charge is 0.394 e. The first-order valence-corrected chi connectivity index (χ1v) is 6.55. The fourth-order valence-corrected chi connectivity index (χ4v) is 2.59. The van der Waals surface area contributed by atoms with Crippen LogP contribution in [0.2, 0.25) is 0 Å². The fraction of sp³-hybridized carbons (Fsp3) is 0.538. The zero-order valence-electron chi connectivity index (χ0n) is 10.9. The normalized spacial score (nSPS) is 19.8. The average Bonchev–Trinajstić information content (AvgIpc) is 2.63. The van der Waals surface area contributed by atoms with Gasteiger partial charge in [-0.25, -0.2) is 8.78 Å². The van der Waals surface area contributed by atoms with E-state index in [0.29, 0.717) is 13.0 Å². The molecule has 7 heteroatoms. The van der Waals surface area contributed by atoms with Crippen LogP contribution in [0.25, 0.3) is 0 Å². The highest BCUT2D eigenvalue weighted by molar-refractivity contribution is 5.54. The van der Waals surface area contributed by atoms with Crippen LogP contribution < -0.4 is 4.90 Å². The Morgan fingerprint density at radius 2 is 1.95 bits per heavy atom. The Bertz CT molecular complexity index is 487. The summed E-state index contributed by atoms with van der Waals surface area (Å²) in [7, 11) is 0. The Hall–Kier alpha value is -1.76. The molecule has 1 aromatic rings. The molecule has 1 unspecified atom stereocenters. The van der Waals surface area contributed by atoms with Crippen LogP contribution in [-0.4, -0.2) is 29.2 Å². The number of nitrogens with zero attached hydrogens (tertiary/aromatic N) is 2. The van der Waals surface area contributed by atoms with Gasteiger partial charge in [0, 0.05) is 6.54 Å². The second kappa shape index (κ2) is 6.13. The van der Waals surface area contributed by atoms with Crippen molar-refractivity contribution in [2.45, 2.75) is 31.7 Å². The van der Waals surface area contributed by atoms with Gasteiger partial charge in [0.05, 0.1) is 29.7 Å². The van der Waals surface area contributed by atoms with Gasteiger partial charge in [0.15, 0.2) is 11.6 Å². The Kier molecular flexibility index (Phi) is 4.49.